The molecule has 0 saturated heterocycles. The van der Waals surface area contributed by atoms with Crippen molar-refractivity contribution in [2.75, 3.05) is 6.54 Å². The van der Waals surface area contributed by atoms with Crippen molar-refractivity contribution in [3.8, 4) is 0 Å². The second kappa shape index (κ2) is 3.91. The molecule has 0 radical (unpaired) electrons. The van der Waals surface area contributed by atoms with Crippen molar-refractivity contribution in [2.24, 2.45) is 0 Å². The average Bonchev–Trinajstić information content (AvgIpc) is 3.12. The number of fused-ring (bicyclic) bond motifs is 1. The molecule has 3 rings (SSSR count). The molecule has 1 aliphatic heterocycles. The van der Waals surface area contributed by atoms with Crippen LogP contribution in [-0.4, -0.2) is 18.5 Å². The summed E-state index contributed by atoms with van der Waals surface area (Å²) in [5.74, 6) is 0.0869. The van der Waals surface area contributed by atoms with Crippen molar-refractivity contribution >= 4 is 5.91 Å². The van der Waals surface area contributed by atoms with Crippen LogP contribution >= 0.6 is 0 Å². The van der Waals surface area contributed by atoms with Gasteiger partial charge in [-0.25, -0.2) is 0 Å². The van der Waals surface area contributed by atoms with Crippen molar-refractivity contribution in [1.82, 2.24) is 10.6 Å². The Morgan fingerprint density at radius 2 is 2.19 bits per heavy atom. The minimum atomic E-state index is 0.0869. The van der Waals surface area contributed by atoms with E-state index in [9.17, 15) is 4.79 Å². The minimum Gasteiger partial charge on any atom is -0.349 e. The number of hydrogen-bond acceptors (Lipinski definition) is 2. The summed E-state index contributed by atoms with van der Waals surface area (Å²) in [6.07, 6.45) is 3.31. The monoisotopic (exact) mass is 216 g/mol. The molecule has 2 N–H and O–H groups in total. The SMILES string of the molecule is O=C(NC1CC1)c1ccc2c(c1)CCNC2. The summed E-state index contributed by atoms with van der Waals surface area (Å²) in [5, 5.41) is 6.35. The Bertz CT molecular complexity index is 424. The third-order valence-electron chi connectivity index (χ3n) is 3.27. The zero-order valence-corrected chi connectivity index (χ0v) is 9.25. The van der Waals surface area contributed by atoms with Gasteiger partial charge in [0.1, 0.15) is 0 Å². The second-order valence-electron chi connectivity index (χ2n) is 4.66. The lowest BCUT2D eigenvalue weighted by Gasteiger charge is -2.17. The summed E-state index contributed by atoms with van der Waals surface area (Å²) >= 11 is 0. The first-order chi connectivity index (χ1) is 7.83. The number of carbonyl (C=O) groups is 1. The van der Waals surface area contributed by atoms with E-state index in [1.807, 2.05) is 12.1 Å². The first-order valence-corrected chi connectivity index (χ1v) is 5.96. The number of rotatable bonds is 2. The summed E-state index contributed by atoms with van der Waals surface area (Å²) < 4.78 is 0. The highest BCUT2D eigenvalue weighted by molar-refractivity contribution is 5.94. The molecule has 16 heavy (non-hydrogen) atoms. The molecule has 3 heteroatoms. The lowest BCUT2D eigenvalue weighted by molar-refractivity contribution is 0.0951. The summed E-state index contributed by atoms with van der Waals surface area (Å²) in [4.78, 5) is 11.9. The van der Waals surface area contributed by atoms with E-state index in [1.54, 1.807) is 0 Å². The Morgan fingerprint density at radius 1 is 1.31 bits per heavy atom. The van der Waals surface area contributed by atoms with Gasteiger partial charge in [0.25, 0.3) is 5.91 Å². The Hall–Kier alpha value is -1.35. The standard InChI is InChI=1S/C13H16N2O/c16-13(15-12-3-4-12)10-1-2-11-8-14-6-5-9(11)7-10/h1-2,7,12,14H,3-6,8H2,(H,15,16). The lowest BCUT2D eigenvalue weighted by atomic mass is 9.98. The number of hydrogen-bond donors (Lipinski definition) is 2. The minimum absolute atomic E-state index is 0.0869. The molecule has 0 aromatic heterocycles. The number of benzene rings is 1. The van der Waals surface area contributed by atoms with Gasteiger partial charge in [-0.05, 0) is 49.1 Å². The summed E-state index contributed by atoms with van der Waals surface area (Å²) in [6.45, 7) is 1.94. The van der Waals surface area contributed by atoms with E-state index in [2.05, 4.69) is 16.7 Å². The molecule has 0 bridgehead atoms. The normalized spacial score (nSPS) is 19.0. The van der Waals surface area contributed by atoms with E-state index < -0.39 is 0 Å². The fourth-order valence-corrected chi connectivity index (χ4v) is 2.11. The van der Waals surface area contributed by atoms with Crippen molar-refractivity contribution in [3.05, 3.63) is 34.9 Å². The molecular formula is C13H16N2O. The Balaban J connectivity index is 1.81. The third kappa shape index (κ3) is 1.95. The summed E-state index contributed by atoms with van der Waals surface area (Å²) in [6, 6.07) is 6.49. The van der Waals surface area contributed by atoms with Crippen LogP contribution in [0.4, 0.5) is 0 Å². The molecule has 0 atom stereocenters. The van der Waals surface area contributed by atoms with Crippen LogP contribution in [0.15, 0.2) is 18.2 Å². The first-order valence-electron chi connectivity index (χ1n) is 5.96. The molecule has 84 valence electrons. The molecule has 3 nitrogen and oxygen atoms in total. The lowest BCUT2D eigenvalue weighted by Crippen LogP contribution is -2.27. The topological polar surface area (TPSA) is 41.1 Å². The van der Waals surface area contributed by atoms with Gasteiger partial charge in [-0.15, -0.1) is 0 Å². The number of carbonyl (C=O) groups excluding carboxylic acids is 1. The van der Waals surface area contributed by atoms with Gasteiger partial charge in [-0.2, -0.15) is 0 Å². The van der Waals surface area contributed by atoms with E-state index in [0.29, 0.717) is 6.04 Å². The third-order valence-corrected chi connectivity index (χ3v) is 3.27. The molecule has 1 fully saturated rings. The molecule has 0 spiro atoms. The number of nitrogens with one attached hydrogen (secondary N) is 2. The second-order valence-corrected chi connectivity index (χ2v) is 4.66. The van der Waals surface area contributed by atoms with Crippen molar-refractivity contribution in [2.45, 2.75) is 31.8 Å². The van der Waals surface area contributed by atoms with E-state index in [1.165, 1.54) is 11.1 Å². The van der Waals surface area contributed by atoms with Crippen LogP contribution in [0.1, 0.15) is 34.3 Å². The molecule has 1 aromatic carbocycles. The fourth-order valence-electron chi connectivity index (χ4n) is 2.11. The highest BCUT2D eigenvalue weighted by Gasteiger charge is 2.24. The first kappa shape index (κ1) is 9.85. The predicted octanol–water partition coefficient (Wildman–Crippen LogP) is 1.22. The highest BCUT2D eigenvalue weighted by Crippen LogP contribution is 2.20. The average molecular weight is 216 g/mol. The van der Waals surface area contributed by atoms with Crippen molar-refractivity contribution < 1.29 is 4.79 Å². The van der Waals surface area contributed by atoms with Crippen LogP contribution in [0.2, 0.25) is 0 Å². The largest absolute Gasteiger partial charge is 0.349 e. The van der Waals surface area contributed by atoms with Crippen molar-refractivity contribution in [1.29, 1.82) is 0 Å². The summed E-state index contributed by atoms with van der Waals surface area (Å²) in [7, 11) is 0. The van der Waals surface area contributed by atoms with Crippen LogP contribution in [0.5, 0.6) is 0 Å². The van der Waals surface area contributed by atoms with Crippen LogP contribution in [0.25, 0.3) is 0 Å². The van der Waals surface area contributed by atoms with Gasteiger partial charge in [-0.3, -0.25) is 4.79 Å². The van der Waals surface area contributed by atoms with E-state index in [-0.39, 0.29) is 5.91 Å². The number of amides is 1. The Kier molecular flexibility index (Phi) is 2.40. The van der Waals surface area contributed by atoms with Gasteiger partial charge in [-0.1, -0.05) is 6.07 Å². The Labute approximate surface area is 95.2 Å². The zero-order valence-electron chi connectivity index (χ0n) is 9.25. The molecule has 1 aliphatic carbocycles. The van der Waals surface area contributed by atoms with Gasteiger partial charge >= 0.3 is 0 Å². The van der Waals surface area contributed by atoms with Crippen LogP contribution < -0.4 is 10.6 Å². The van der Waals surface area contributed by atoms with E-state index in [4.69, 9.17) is 0 Å². The maximum absolute atomic E-state index is 11.9. The van der Waals surface area contributed by atoms with Crippen LogP contribution in [0.3, 0.4) is 0 Å². The molecule has 1 amide bonds. The molecule has 1 saturated carbocycles. The van der Waals surface area contributed by atoms with Gasteiger partial charge < -0.3 is 10.6 Å². The van der Waals surface area contributed by atoms with Crippen molar-refractivity contribution in [3.63, 3.8) is 0 Å². The highest BCUT2D eigenvalue weighted by atomic mass is 16.1. The van der Waals surface area contributed by atoms with E-state index >= 15 is 0 Å². The van der Waals surface area contributed by atoms with Gasteiger partial charge in [0, 0.05) is 18.2 Å². The van der Waals surface area contributed by atoms with Gasteiger partial charge in [0.2, 0.25) is 0 Å². The molecule has 2 aliphatic rings. The maximum Gasteiger partial charge on any atom is 0.251 e. The van der Waals surface area contributed by atoms with E-state index in [0.717, 1.165) is 37.9 Å². The zero-order chi connectivity index (χ0) is 11.0. The van der Waals surface area contributed by atoms with Crippen LogP contribution in [0, 0.1) is 0 Å². The van der Waals surface area contributed by atoms with Crippen LogP contribution in [-0.2, 0) is 13.0 Å². The molecule has 0 unspecified atom stereocenters. The maximum atomic E-state index is 11.9. The predicted molar refractivity (Wildman–Crippen MR) is 62.3 cm³/mol. The molecule has 1 aromatic rings. The molecular weight excluding hydrogens is 200 g/mol. The van der Waals surface area contributed by atoms with Gasteiger partial charge in [0.05, 0.1) is 0 Å². The summed E-state index contributed by atoms with van der Waals surface area (Å²) in [5.41, 5.74) is 3.46. The fraction of sp³-hybridized carbons (Fsp3) is 0.462. The quantitative estimate of drug-likeness (QED) is 0.780. The smallest absolute Gasteiger partial charge is 0.251 e. The Morgan fingerprint density at radius 3 is 3.00 bits per heavy atom. The van der Waals surface area contributed by atoms with Gasteiger partial charge in [0.15, 0.2) is 0 Å². The molecule has 1 heterocycles.